The summed E-state index contributed by atoms with van der Waals surface area (Å²) >= 11 is 3.19. The zero-order chi connectivity index (χ0) is 18.0. The Kier molecular flexibility index (Phi) is 5.52. The monoisotopic (exact) mass is 396 g/mol. The van der Waals surface area contributed by atoms with Crippen LogP contribution in [0.4, 0.5) is 5.69 Å². The molecule has 0 saturated carbocycles. The Balaban J connectivity index is 1.73. The molecule has 0 saturated heterocycles. The van der Waals surface area contributed by atoms with Gasteiger partial charge in [-0.3, -0.25) is 4.79 Å². The first-order valence-corrected chi connectivity index (χ1v) is 11.3. The number of aryl methyl sites for hydroxylation is 1. The van der Waals surface area contributed by atoms with E-state index in [-0.39, 0.29) is 16.7 Å². The van der Waals surface area contributed by atoms with E-state index in [1.54, 1.807) is 35.2 Å². The highest BCUT2D eigenvalue weighted by molar-refractivity contribution is 7.99. The topological polar surface area (TPSA) is 75.3 Å². The molecule has 0 bridgehead atoms. The maximum Gasteiger partial charge on any atom is 0.240 e. The van der Waals surface area contributed by atoms with Crippen LogP contribution >= 0.6 is 23.1 Å². The van der Waals surface area contributed by atoms with Crippen molar-refractivity contribution in [2.45, 2.75) is 30.1 Å². The summed E-state index contributed by atoms with van der Waals surface area (Å²) in [5, 5.41) is 4.83. The van der Waals surface area contributed by atoms with Crippen LogP contribution in [0.5, 0.6) is 0 Å². The second kappa shape index (κ2) is 7.49. The molecule has 0 spiro atoms. The number of benzene rings is 1. The van der Waals surface area contributed by atoms with Crippen LogP contribution in [0.1, 0.15) is 17.4 Å². The van der Waals surface area contributed by atoms with Crippen molar-refractivity contribution >= 4 is 44.7 Å². The third kappa shape index (κ3) is 4.25. The summed E-state index contributed by atoms with van der Waals surface area (Å²) in [6.07, 6.45) is 0.664. The van der Waals surface area contributed by atoms with Crippen LogP contribution in [0.15, 0.2) is 39.4 Å². The van der Waals surface area contributed by atoms with Gasteiger partial charge in [0.25, 0.3) is 0 Å². The number of thioether (sulfide) groups is 1. The standard InChI is InChI=1S/C17H20N2O3S3/c1-11-6-8-23-15(11)5-7-18-25(21,22)13-3-4-16-14(9-13)19-17(20)12(2)10-24-16/h3-4,6,8-9,12,18H,5,7,10H2,1-2H3,(H,19,20). The van der Waals surface area contributed by atoms with E-state index in [1.165, 1.54) is 16.5 Å². The van der Waals surface area contributed by atoms with Crippen molar-refractivity contribution in [3.63, 3.8) is 0 Å². The highest BCUT2D eigenvalue weighted by Crippen LogP contribution is 2.34. The Morgan fingerprint density at radius 1 is 1.32 bits per heavy atom. The molecule has 5 nitrogen and oxygen atoms in total. The lowest BCUT2D eigenvalue weighted by atomic mass is 10.2. The molecule has 2 aromatic rings. The molecule has 25 heavy (non-hydrogen) atoms. The minimum absolute atomic E-state index is 0.0815. The van der Waals surface area contributed by atoms with E-state index in [4.69, 9.17) is 0 Å². The molecule has 2 N–H and O–H groups in total. The molecule has 1 aromatic carbocycles. The lowest BCUT2D eigenvalue weighted by molar-refractivity contribution is -0.118. The molecule has 3 rings (SSSR count). The van der Waals surface area contributed by atoms with Crippen molar-refractivity contribution in [1.82, 2.24) is 4.72 Å². The summed E-state index contributed by atoms with van der Waals surface area (Å²) in [5.41, 5.74) is 1.75. The molecule has 1 atom stereocenters. The highest BCUT2D eigenvalue weighted by atomic mass is 32.2. The van der Waals surface area contributed by atoms with Crippen molar-refractivity contribution in [1.29, 1.82) is 0 Å². The summed E-state index contributed by atoms with van der Waals surface area (Å²) in [6, 6.07) is 6.92. The van der Waals surface area contributed by atoms with E-state index < -0.39 is 10.0 Å². The minimum Gasteiger partial charge on any atom is -0.325 e. The van der Waals surface area contributed by atoms with E-state index in [9.17, 15) is 13.2 Å². The van der Waals surface area contributed by atoms with Gasteiger partial charge in [-0.25, -0.2) is 13.1 Å². The number of nitrogens with one attached hydrogen (secondary N) is 2. The van der Waals surface area contributed by atoms with Crippen LogP contribution in [0.25, 0.3) is 0 Å². The maximum absolute atomic E-state index is 12.5. The van der Waals surface area contributed by atoms with Gasteiger partial charge in [0.15, 0.2) is 0 Å². The average Bonchev–Trinajstić information content (AvgIpc) is 2.91. The van der Waals surface area contributed by atoms with Crippen LogP contribution in [-0.4, -0.2) is 26.6 Å². The molecule has 1 aliphatic heterocycles. The smallest absolute Gasteiger partial charge is 0.240 e. The van der Waals surface area contributed by atoms with Crippen molar-refractivity contribution in [2.75, 3.05) is 17.6 Å². The van der Waals surface area contributed by atoms with Gasteiger partial charge in [0.2, 0.25) is 15.9 Å². The van der Waals surface area contributed by atoms with Crippen molar-refractivity contribution in [3.05, 3.63) is 40.1 Å². The number of thiophene rings is 1. The molecule has 1 unspecified atom stereocenters. The fourth-order valence-corrected chi connectivity index (χ4v) is 5.47. The number of fused-ring (bicyclic) bond motifs is 1. The predicted octanol–water partition coefficient (Wildman–Crippen LogP) is 3.26. The van der Waals surface area contributed by atoms with Crippen LogP contribution in [0, 0.1) is 12.8 Å². The molecule has 2 heterocycles. The quantitative estimate of drug-likeness (QED) is 0.813. The van der Waals surface area contributed by atoms with Gasteiger partial charge < -0.3 is 5.32 Å². The van der Waals surface area contributed by atoms with Gasteiger partial charge >= 0.3 is 0 Å². The molecule has 0 aliphatic carbocycles. The lowest BCUT2D eigenvalue weighted by Gasteiger charge is -2.11. The molecule has 1 aromatic heterocycles. The van der Waals surface area contributed by atoms with Crippen molar-refractivity contribution < 1.29 is 13.2 Å². The largest absolute Gasteiger partial charge is 0.325 e. The number of hydrogen-bond donors (Lipinski definition) is 2. The Bertz CT molecular complexity index is 890. The normalized spacial score (nSPS) is 17.7. The van der Waals surface area contributed by atoms with Crippen LogP contribution < -0.4 is 10.0 Å². The maximum atomic E-state index is 12.5. The Morgan fingerprint density at radius 2 is 2.12 bits per heavy atom. The van der Waals surface area contributed by atoms with E-state index in [0.717, 1.165) is 4.90 Å². The van der Waals surface area contributed by atoms with Gasteiger partial charge in [-0.05, 0) is 48.6 Å². The Morgan fingerprint density at radius 3 is 2.84 bits per heavy atom. The number of amides is 1. The lowest BCUT2D eigenvalue weighted by Crippen LogP contribution is -2.26. The second-order valence-electron chi connectivity index (χ2n) is 6.03. The molecule has 0 radical (unpaired) electrons. The molecule has 0 fully saturated rings. The predicted molar refractivity (Wildman–Crippen MR) is 103 cm³/mol. The van der Waals surface area contributed by atoms with Crippen LogP contribution in [0.3, 0.4) is 0 Å². The highest BCUT2D eigenvalue weighted by Gasteiger charge is 2.22. The summed E-state index contributed by atoms with van der Waals surface area (Å²) in [6.45, 7) is 4.23. The van der Waals surface area contributed by atoms with Crippen LogP contribution in [0.2, 0.25) is 0 Å². The zero-order valence-corrected chi connectivity index (χ0v) is 16.5. The van der Waals surface area contributed by atoms with E-state index >= 15 is 0 Å². The molecular weight excluding hydrogens is 376 g/mol. The molecular formula is C17H20N2O3S3. The van der Waals surface area contributed by atoms with Crippen molar-refractivity contribution in [3.8, 4) is 0 Å². The molecule has 1 aliphatic rings. The van der Waals surface area contributed by atoms with Gasteiger partial charge in [0.1, 0.15) is 0 Å². The summed E-state index contributed by atoms with van der Waals surface area (Å²) in [4.78, 5) is 14.2. The number of hydrogen-bond acceptors (Lipinski definition) is 5. The Hall–Kier alpha value is -1.35. The first-order chi connectivity index (χ1) is 11.9. The number of carbonyl (C=O) groups is 1. The first kappa shape index (κ1) is 18.4. The summed E-state index contributed by atoms with van der Waals surface area (Å²) < 4.78 is 27.7. The average molecular weight is 397 g/mol. The van der Waals surface area contributed by atoms with Gasteiger partial charge in [0.05, 0.1) is 10.6 Å². The van der Waals surface area contributed by atoms with Gasteiger partial charge in [0, 0.05) is 28.0 Å². The summed E-state index contributed by atoms with van der Waals surface area (Å²) in [5.74, 6) is 0.495. The zero-order valence-electron chi connectivity index (χ0n) is 14.0. The molecule has 1 amide bonds. The second-order valence-corrected chi connectivity index (χ2v) is 9.86. The van der Waals surface area contributed by atoms with E-state index in [0.29, 0.717) is 24.4 Å². The number of anilines is 1. The first-order valence-electron chi connectivity index (χ1n) is 7.97. The van der Waals surface area contributed by atoms with E-state index in [1.807, 2.05) is 25.3 Å². The number of rotatable bonds is 5. The van der Waals surface area contributed by atoms with Gasteiger partial charge in [-0.1, -0.05) is 6.92 Å². The van der Waals surface area contributed by atoms with Crippen LogP contribution in [-0.2, 0) is 21.2 Å². The SMILES string of the molecule is Cc1ccsc1CCNS(=O)(=O)c1ccc2c(c1)NC(=O)C(C)CS2. The third-order valence-electron chi connectivity index (χ3n) is 4.07. The fourth-order valence-electron chi connectivity index (χ4n) is 2.49. The number of sulfonamides is 1. The van der Waals surface area contributed by atoms with Gasteiger partial charge in [-0.2, -0.15) is 0 Å². The minimum atomic E-state index is -3.61. The molecule has 8 heteroatoms. The fraction of sp³-hybridized carbons (Fsp3) is 0.353. The third-order valence-corrected chi connectivity index (χ3v) is 7.94. The number of carbonyl (C=O) groups excluding carboxylic acids is 1. The summed E-state index contributed by atoms with van der Waals surface area (Å²) in [7, 11) is -3.61. The molecule has 134 valence electrons. The van der Waals surface area contributed by atoms with Gasteiger partial charge in [-0.15, -0.1) is 23.1 Å². The van der Waals surface area contributed by atoms with Crippen molar-refractivity contribution in [2.24, 2.45) is 5.92 Å². The Labute approximate surface area is 156 Å². The van der Waals surface area contributed by atoms with E-state index in [2.05, 4.69) is 10.0 Å².